The molecule has 17 atom stereocenters. The molecule has 3 fully saturated rings. The average molecular weight is 1460 g/mol. The molecule has 0 radical (unpaired) electrons. The molecular formula is C83H159NO18. The topological polar surface area (TPSA) is 307 Å². The van der Waals surface area contributed by atoms with E-state index in [2.05, 4.69) is 19.2 Å². The number of carbonyl (C=O) groups is 1. The van der Waals surface area contributed by atoms with Crippen molar-refractivity contribution in [2.24, 2.45) is 0 Å². The van der Waals surface area contributed by atoms with Crippen LogP contribution in [0.25, 0.3) is 0 Å². The Morgan fingerprint density at radius 1 is 0.343 bits per heavy atom. The van der Waals surface area contributed by atoms with Gasteiger partial charge in [0.15, 0.2) is 18.9 Å². The third-order valence-electron chi connectivity index (χ3n) is 21.8. The summed E-state index contributed by atoms with van der Waals surface area (Å²) in [5.41, 5.74) is 0. The summed E-state index contributed by atoms with van der Waals surface area (Å²) in [6, 6.07) is -0.970. The Hall–Kier alpha value is -1.47. The van der Waals surface area contributed by atoms with Crippen LogP contribution in [0.15, 0.2) is 12.2 Å². The zero-order valence-corrected chi connectivity index (χ0v) is 64.9. The van der Waals surface area contributed by atoms with Crippen LogP contribution in [-0.2, 0) is 33.2 Å². The molecule has 3 aliphatic heterocycles. The standard InChI is InChI=1S/C83H159NO18/c1-3-5-7-9-11-13-15-17-19-21-23-25-27-28-29-30-31-32-33-34-35-36-37-39-41-43-45-47-49-51-53-55-57-59-61-71(89)84-66(67(88)60-58-56-54-52-50-48-46-44-42-40-38-26-24-22-20-18-16-14-12-10-8-6-4-2)65-97-81-77(95)74(92)79(69(63-86)99-81)102-83-78(96)75(93)80(70(64-87)100-83)101-82-76(94)73(91)72(90)68(62-85)98-82/h58,60,66-70,72-83,85-88,90-96H,3-57,59,61-65H2,1-2H3,(H,84,89)/b60-58+. The van der Waals surface area contributed by atoms with Crippen molar-refractivity contribution in [2.75, 3.05) is 26.4 Å². The Labute approximate surface area is 620 Å². The molecule has 0 aromatic carbocycles. The Kier molecular flexibility index (Phi) is 59.8. The fourth-order valence-electron chi connectivity index (χ4n) is 15.0. The van der Waals surface area contributed by atoms with Crippen LogP contribution < -0.4 is 5.32 Å². The van der Waals surface area contributed by atoms with Gasteiger partial charge in [-0.05, 0) is 19.3 Å². The third-order valence-corrected chi connectivity index (χ3v) is 21.8. The van der Waals surface area contributed by atoms with Crippen LogP contribution in [0.2, 0.25) is 0 Å². The fourth-order valence-corrected chi connectivity index (χ4v) is 15.0. The van der Waals surface area contributed by atoms with Crippen molar-refractivity contribution in [2.45, 2.75) is 484 Å². The van der Waals surface area contributed by atoms with Crippen LogP contribution in [0, 0.1) is 0 Å². The molecular weight excluding hydrogens is 1300 g/mol. The molecule has 1 amide bonds. The van der Waals surface area contributed by atoms with E-state index in [-0.39, 0.29) is 18.9 Å². The van der Waals surface area contributed by atoms with E-state index < -0.39 is 124 Å². The molecule has 19 nitrogen and oxygen atoms in total. The van der Waals surface area contributed by atoms with E-state index in [1.165, 1.54) is 308 Å². The normalized spacial score (nSPS) is 26.1. The van der Waals surface area contributed by atoms with Crippen LogP contribution in [0.3, 0.4) is 0 Å². The number of unbranched alkanes of at least 4 members (excludes halogenated alkanes) is 54. The maximum absolute atomic E-state index is 13.5. The molecule has 19 heteroatoms. The minimum Gasteiger partial charge on any atom is -0.394 e. The molecule has 3 aliphatic rings. The first kappa shape index (κ1) is 94.7. The highest BCUT2D eigenvalue weighted by Gasteiger charge is 2.54. The van der Waals surface area contributed by atoms with E-state index in [9.17, 15) is 61.0 Å². The first-order valence-electron chi connectivity index (χ1n) is 42.9. The van der Waals surface area contributed by atoms with Crippen LogP contribution in [0.1, 0.15) is 380 Å². The number of carbonyl (C=O) groups excluding carboxylic acids is 1. The van der Waals surface area contributed by atoms with Crippen LogP contribution in [0.5, 0.6) is 0 Å². The van der Waals surface area contributed by atoms with Gasteiger partial charge in [0.2, 0.25) is 5.91 Å². The quantitative estimate of drug-likeness (QED) is 0.0199. The summed E-state index contributed by atoms with van der Waals surface area (Å²) < 4.78 is 34.5. The number of rotatable bonds is 70. The predicted octanol–water partition coefficient (Wildman–Crippen LogP) is 15.1. The molecule has 0 saturated carbocycles. The van der Waals surface area contributed by atoms with Crippen molar-refractivity contribution in [1.82, 2.24) is 5.32 Å². The molecule has 3 saturated heterocycles. The van der Waals surface area contributed by atoms with Crippen molar-refractivity contribution in [1.29, 1.82) is 0 Å². The largest absolute Gasteiger partial charge is 0.394 e. The predicted molar refractivity (Wildman–Crippen MR) is 407 cm³/mol. The van der Waals surface area contributed by atoms with Crippen molar-refractivity contribution < 1.29 is 89.4 Å². The van der Waals surface area contributed by atoms with Gasteiger partial charge in [-0.2, -0.15) is 0 Å². The molecule has 0 bridgehead atoms. The van der Waals surface area contributed by atoms with Gasteiger partial charge in [0.25, 0.3) is 0 Å². The number of hydrogen-bond acceptors (Lipinski definition) is 18. The van der Waals surface area contributed by atoms with Gasteiger partial charge < -0.3 is 89.9 Å². The molecule has 17 unspecified atom stereocenters. The summed E-state index contributed by atoms with van der Waals surface area (Å²) >= 11 is 0. The second-order valence-corrected chi connectivity index (χ2v) is 31.0. The van der Waals surface area contributed by atoms with Gasteiger partial charge in [0, 0.05) is 6.42 Å². The van der Waals surface area contributed by atoms with Gasteiger partial charge in [-0.25, -0.2) is 0 Å². The monoisotopic (exact) mass is 1460 g/mol. The summed E-state index contributed by atoms with van der Waals surface area (Å²) in [5.74, 6) is -0.265. The lowest BCUT2D eigenvalue weighted by atomic mass is 9.96. The van der Waals surface area contributed by atoms with Gasteiger partial charge in [-0.15, -0.1) is 0 Å². The molecule has 0 spiro atoms. The number of hydrogen-bond donors (Lipinski definition) is 12. The molecule has 0 aromatic heterocycles. The van der Waals surface area contributed by atoms with Gasteiger partial charge >= 0.3 is 0 Å². The first-order valence-corrected chi connectivity index (χ1v) is 42.9. The molecule has 3 heterocycles. The lowest BCUT2D eigenvalue weighted by molar-refractivity contribution is -0.379. The zero-order chi connectivity index (χ0) is 73.9. The maximum Gasteiger partial charge on any atom is 0.220 e. The van der Waals surface area contributed by atoms with E-state index in [4.69, 9.17) is 28.4 Å². The number of ether oxygens (including phenoxy) is 6. The van der Waals surface area contributed by atoms with Gasteiger partial charge in [0.1, 0.15) is 73.2 Å². The van der Waals surface area contributed by atoms with Gasteiger partial charge in [-0.1, -0.05) is 366 Å². The lowest BCUT2D eigenvalue weighted by Crippen LogP contribution is -2.66. The Morgan fingerprint density at radius 3 is 0.922 bits per heavy atom. The van der Waals surface area contributed by atoms with Crippen LogP contribution in [-0.4, -0.2) is 193 Å². The zero-order valence-electron chi connectivity index (χ0n) is 64.9. The van der Waals surface area contributed by atoms with E-state index >= 15 is 0 Å². The Balaban J connectivity index is 1.33. The van der Waals surface area contributed by atoms with Crippen molar-refractivity contribution in [3.05, 3.63) is 12.2 Å². The summed E-state index contributed by atoms with van der Waals surface area (Å²) in [5, 5.41) is 121. The first-order chi connectivity index (χ1) is 49.8. The number of nitrogens with one attached hydrogen (secondary N) is 1. The molecule has 102 heavy (non-hydrogen) atoms. The van der Waals surface area contributed by atoms with Crippen LogP contribution >= 0.6 is 0 Å². The van der Waals surface area contributed by atoms with E-state index in [0.717, 1.165) is 44.9 Å². The second-order valence-electron chi connectivity index (χ2n) is 31.0. The average Bonchev–Trinajstić information content (AvgIpc) is 0.779. The van der Waals surface area contributed by atoms with Crippen LogP contribution in [0.4, 0.5) is 0 Å². The Morgan fingerprint density at radius 2 is 0.608 bits per heavy atom. The molecule has 0 aromatic rings. The second kappa shape index (κ2) is 64.4. The van der Waals surface area contributed by atoms with Crippen molar-refractivity contribution in [3.8, 4) is 0 Å². The smallest absolute Gasteiger partial charge is 0.220 e. The number of aliphatic hydroxyl groups excluding tert-OH is 11. The highest BCUT2D eigenvalue weighted by atomic mass is 16.8. The highest BCUT2D eigenvalue weighted by Crippen LogP contribution is 2.34. The number of amides is 1. The minimum absolute atomic E-state index is 0.250. The summed E-state index contributed by atoms with van der Waals surface area (Å²) in [7, 11) is 0. The molecule has 0 aliphatic carbocycles. The van der Waals surface area contributed by atoms with Crippen molar-refractivity contribution in [3.63, 3.8) is 0 Å². The Bertz CT molecular complexity index is 1890. The van der Waals surface area contributed by atoms with E-state index in [1.54, 1.807) is 6.08 Å². The maximum atomic E-state index is 13.5. The van der Waals surface area contributed by atoms with Gasteiger partial charge in [-0.3, -0.25) is 4.79 Å². The number of allylic oxidation sites excluding steroid dienone is 1. The fraction of sp³-hybridized carbons (Fsp3) is 0.964. The SMILES string of the molecule is CCCCCCCCCCCCCCCCCCCCCCC/C=C/C(O)C(COC1OC(CO)C(OC2OC(CO)C(OC3OC(CO)C(O)C(O)C3O)C(O)C2O)C(O)C1O)NC(=O)CCCCCCCCCCCCCCCCCCCCCCCCCCCCCCCCCCCC. The summed E-state index contributed by atoms with van der Waals surface area (Å²) in [6.07, 6.45) is 50.8. The molecule has 3 rings (SSSR count). The highest BCUT2D eigenvalue weighted by molar-refractivity contribution is 5.76. The summed E-state index contributed by atoms with van der Waals surface area (Å²) in [6.45, 7) is 1.81. The third kappa shape index (κ3) is 43.7. The van der Waals surface area contributed by atoms with Gasteiger partial charge in [0.05, 0.1) is 38.6 Å². The summed E-state index contributed by atoms with van der Waals surface area (Å²) in [4.78, 5) is 13.5. The lowest BCUT2D eigenvalue weighted by Gasteiger charge is -2.48. The minimum atomic E-state index is -1.98. The molecule has 12 N–H and O–H groups in total. The van der Waals surface area contributed by atoms with E-state index in [1.807, 2.05) is 6.08 Å². The van der Waals surface area contributed by atoms with Crippen molar-refractivity contribution >= 4 is 5.91 Å². The number of aliphatic hydroxyl groups is 11. The molecule has 604 valence electrons. The van der Waals surface area contributed by atoms with E-state index in [0.29, 0.717) is 6.42 Å².